The number of nitrogens with one attached hydrogen (secondary N) is 1. The first kappa shape index (κ1) is 23.4. The summed E-state index contributed by atoms with van der Waals surface area (Å²) in [5.74, 6) is -0.147. The number of rotatable bonds is 9. The molecule has 6 nitrogen and oxygen atoms in total. The van der Waals surface area contributed by atoms with Gasteiger partial charge < -0.3 is 9.64 Å². The number of hydrogen-bond acceptors (Lipinski definition) is 4. The Hall–Kier alpha value is -3.23. The van der Waals surface area contributed by atoms with Crippen LogP contribution in [0.4, 0.5) is 4.39 Å². The van der Waals surface area contributed by atoms with Crippen LogP contribution in [-0.4, -0.2) is 33.4 Å². The number of carbonyl (C=O) groups is 1. The van der Waals surface area contributed by atoms with Crippen molar-refractivity contribution in [2.75, 3.05) is 14.2 Å². The summed E-state index contributed by atoms with van der Waals surface area (Å²) in [7, 11) is -0.780. The SMILES string of the molecule is COc1ccc(C(CC(=O)N(C)Cc2ccccc2)NS(=O)(=O)c2ccc(F)cc2)cc1. The van der Waals surface area contributed by atoms with E-state index in [-0.39, 0.29) is 17.2 Å². The van der Waals surface area contributed by atoms with Crippen LogP contribution in [0.25, 0.3) is 0 Å². The summed E-state index contributed by atoms with van der Waals surface area (Å²) in [6.45, 7) is 0.402. The van der Waals surface area contributed by atoms with Crippen LogP contribution in [0.15, 0.2) is 83.8 Å². The van der Waals surface area contributed by atoms with Crippen molar-refractivity contribution in [3.63, 3.8) is 0 Å². The second kappa shape index (κ2) is 10.4. The zero-order valence-electron chi connectivity index (χ0n) is 17.9. The Morgan fingerprint density at radius 3 is 2.22 bits per heavy atom. The van der Waals surface area contributed by atoms with Crippen LogP contribution in [-0.2, 0) is 21.4 Å². The van der Waals surface area contributed by atoms with Gasteiger partial charge in [0.05, 0.1) is 18.0 Å². The average Bonchev–Trinajstić information content (AvgIpc) is 2.79. The number of ether oxygens (including phenoxy) is 1. The van der Waals surface area contributed by atoms with Gasteiger partial charge >= 0.3 is 0 Å². The van der Waals surface area contributed by atoms with E-state index < -0.39 is 21.9 Å². The molecule has 32 heavy (non-hydrogen) atoms. The topological polar surface area (TPSA) is 75.7 Å². The first-order valence-corrected chi connectivity index (χ1v) is 11.5. The number of methoxy groups -OCH3 is 1. The van der Waals surface area contributed by atoms with E-state index in [2.05, 4.69) is 4.72 Å². The van der Waals surface area contributed by atoms with Gasteiger partial charge in [-0.1, -0.05) is 42.5 Å². The predicted octanol–water partition coefficient (Wildman–Crippen LogP) is 3.90. The quantitative estimate of drug-likeness (QED) is 0.530. The lowest BCUT2D eigenvalue weighted by Crippen LogP contribution is -2.34. The van der Waals surface area contributed by atoms with Gasteiger partial charge in [-0.2, -0.15) is 0 Å². The van der Waals surface area contributed by atoms with Crippen LogP contribution in [0.5, 0.6) is 5.75 Å². The first-order valence-electron chi connectivity index (χ1n) is 9.98. The van der Waals surface area contributed by atoms with Crippen LogP contribution < -0.4 is 9.46 Å². The van der Waals surface area contributed by atoms with Gasteiger partial charge in [0, 0.05) is 20.0 Å². The van der Waals surface area contributed by atoms with E-state index in [9.17, 15) is 17.6 Å². The fraction of sp³-hybridized carbons (Fsp3) is 0.208. The highest BCUT2D eigenvalue weighted by molar-refractivity contribution is 7.89. The summed E-state index contributed by atoms with van der Waals surface area (Å²) in [6, 6.07) is 20.1. The highest BCUT2D eigenvalue weighted by atomic mass is 32.2. The van der Waals surface area contributed by atoms with Crippen molar-refractivity contribution in [2.45, 2.75) is 23.9 Å². The third-order valence-electron chi connectivity index (χ3n) is 5.01. The number of amides is 1. The van der Waals surface area contributed by atoms with E-state index in [0.29, 0.717) is 17.9 Å². The maximum Gasteiger partial charge on any atom is 0.241 e. The maximum absolute atomic E-state index is 13.2. The molecule has 3 rings (SSSR count). The monoisotopic (exact) mass is 456 g/mol. The number of halogens is 1. The van der Waals surface area contributed by atoms with Gasteiger partial charge in [0.1, 0.15) is 11.6 Å². The molecule has 3 aromatic rings. The molecule has 0 heterocycles. The lowest BCUT2D eigenvalue weighted by Gasteiger charge is -2.23. The fourth-order valence-corrected chi connectivity index (χ4v) is 4.43. The van der Waals surface area contributed by atoms with Crippen molar-refractivity contribution < 1.29 is 22.3 Å². The molecule has 0 aliphatic rings. The minimum atomic E-state index is -3.99. The van der Waals surface area contributed by atoms with Gasteiger partial charge in [-0.3, -0.25) is 4.79 Å². The summed E-state index contributed by atoms with van der Waals surface area (Å²) in [6.07, 6.45) is -0.0872. The molecule has 1 atom stereocenters. The molecule has 1 unspecified atom stereocenters. The fourth-order valence-electron chi connectivity index (χ4n) is 3.21. The molecule has 8 heteroatoms. The minimum Gasteiger partial charge on any atom is -0.497 e. The third-order valence-corrected chi connectivity index (χ3v) is 6.49. The molecular formula is C24H25FN2O4S. The predicted molar refractivity (Wildman–Crippen MR) is 120 cm³/mol. The number of nitrogens with zero attached hydrogens (tertiary/aromatic N) is 1. The maximum atomic E-state index is 13.2. The second-order valence-electron chi connectivity index (χ2n) is 7.34. The van der Waals surface area contributed by atoms with E-state index in [4.69, 9.17) is 4.74 Å². The molecule has 0 radical (unpaired) electrons. The summed E-state index contributed by atoms with van der Waals surface area (Å²) in [4.78, 5) is 14.4. The van der Waals surface area contributed by atoms with Crippen LogP contribution >= 0.6 is 0 Å². The third kappa shape index (κ3) is 6.15. The molecule has 0 bridgehead atoms. The van der Waals surface area contributed by atoms with E-state index in [1.807, 2.05) is 30.3 Å². The van der Waals surface area contributed by atoms with Gasteiger partial charge in [0.25, 0.3) is 0 Å². The molecule has 1 N–H and O–H groups in total. The molecular weight excluding hydrogens is 431 g/mol. The molecule has 0 aromatic heterocycles. The molecule has 0 spiro atoms. The highest BCUT2D eigenvalue weighted by Crippen LogP contribution is 2.24. The number of benzene rings is 3. The molecule has 0 aliphatic carbocycles. The van der Waals surface area contributed by atoms with Crippen LogP contribution in [0.2, 0.25) is 0 Å². The van der Waals surface area contributed by atoms with Gasteiger partial charge in [-0.15, -0.1) is 0 Å². The Labute approximate surface area is 187 Å². The van der Waals surface area contributed by atoms with E-state index in [0.717, 1.165) is 17.7 Å². The molecule has 1 amide bonds. The standard InChI is InChI=1S/C24H25FN2O4S/c1-27(17-18-6-4-3-5-7-18)24(28)16-23(19-8-12-21(31-2)13-9-19)26-32(29,30)22-14-10-20(25)11-15-22/h3-15,23,26H,16-17H2,1-2H3. The van der Waals surface area contributed by atoms with Crippen LogP contribution in [0.1, 0.15) is 23.6 Å². The smallest absolute Gasteiger partial charge is 0.241 e. The van der Waals surface area contributed by atoms with Gasteiger partial charge in [-0.05, 0) is 47.5 Å². The summed E-state index contributed by atoms with van der Waals surface area (Å²) in [5.41, 5.74) is 1.58. The average molecular weight is 457 g/mol. The largest absolute Gasteiger partial charge is 0.497 e. The first-order chi connectivity index (χ1) is 15.3. The summed E-state index contributed by atoms with van der Waals surface area (Å²) < 4.78 is 46.8. The Balaban J connectivity index is 1.83. The van der Waals surface area contributed by atoms with Crippen LogP contribution in [0, 0.1) is 5.82 Å². The molecule has 0 saturated heterocycles. The lowest BCUT2D eigenvalue weighted by atomic mass is 10.0. The normalized spacial score (nSPS) is 12.2. The van der Waals surface area contributed by atoms with Gasteiger partial charge in [0.2, 0.25) is 15.9 Å². The van der Waals surface area contributed by atoms with Gasteiger partial charge in [0.15, 0.2) is 0 Å². The van der Waals surface area contributed by atoms with Crippen molar-refractivity contribution in [3.05, 3.63) is 95.8 Å². The lowest BCUT2D eigenvalue weighted by molar-refractivity contribution is -0.130. The minimum absolute atomic E-state index is 0.0810. The molecule has 3 aromatic carbocycles. The van der Waals surface area contributed by atoms with Crippen molar-refractivity contribution in [3.8, 4) is 5.75 Å². The van der Waals surface area contributed by atoms with Crippen LogP contribution in [0.3, 0.4) is 0 Å². The van der Waals surface area contributed by atoms with Crippen molar-refractivity contribution in [2.24, 2.45) is 0 Å². The molecule has 168 valence electrons. The van der Waals surface area contributed by atoms with Gasteiger partial charge in [-0.25, -0.2) is 17.5 Å². The Kier molecular flexibility index (Phi) is 7.61. The summed E-state index contributed by atoms with van der Waals surface area (Å²) in [5, 5.41) is 0. The van der Waals surface area contributed by atoms with E-state index in [1.54, 1.807) is 36.2 Å². The molecule has 0 saturated carbocycles. The van der Waals surface area contributed by atoms with E-state index in [1.165, 1.54) is 19.2 Å². The zero-order chi connectivity index (χ0) is 23.1. The Morgan fingerprint density at radius 2 is 1.62 bits per heavy atom. The Morgan fingerprint density at radius 1 is 1.00 bits per heavy atom. The number of hydrogen-bond donors (Lipinski definition) is 1. The van der Waals surface area contributed by atoms with Crippen molar-refractivity contribution >= 4 is 15.9 Å². The Bertz CT molecular complexity index is 1130. The second-order valence-corrected chi connectivity index (χ2v) is 9.05. The van der Waals surface area contributed by atoms with Crippen molar-refractivity contribution in [1.82, 2.24) is 9.62 Å². The zero-order valence-corrected chi connectivity index (χ0v) is 18.7. The molecule has 0 fully saturated rings. The number of carbonyl (C=O) groups excluding carboxylic acids is 1. The van der Waals surface area contributed by atoms with Crippen molar-refractivity contribution in [1.29, 1.82) is 0 Å². The number of sulfonamides is 1. The molecule has 0 aliphatic heterocycles. The highest BCUT2D eigenvalue weighted by Gasteiger charge is 2.25. The van der Waals surface area contributed by atoms with E-state index >= 15 is 0 Å². The summed E-state index contributed by atoms with van der Waals surface area (Å²) >= 11 is 0.